The van der Waals surface area contributed by atoms with Crippen molar-refractivity contribution in [2.24, 2.45) is 0 Å². The van der Waals surface area contributed by atoms with Gasteiger partial charge in [0.2, 0.25) is 5.82 Å². The Balaban J connectivity index is 2.30. The van der Waals surface area contributed by atoms with Crippen LogP contribution < -0.4 is 10.1 Å². The molecule has 0 unspecified atom stereocenters. The van der Waals surface area contributed by atoms with Crippen LogP contribution in [0.4, 0.5) is 5.69 Å². The third kappa shape index (κ3) is 2.86. The smallest absolute Gasteiger partial charge is 0.216 e. The van der Waals surface area contributed by atoms with Crippen LogP contribution in [0.1, 0.15) is 5.82 Å². The summed E-state index contributed by atoms with van der Waals surface area (Å²) >= 11 is 3.21. The Morgan fingerprint density at radius 2 is 2.40 bits per heavy atom. The Bertz CT molecular complexity index is 677. The maximum Gasteiger partial charge on any atom is 0.216 e. The molecule has 1 aromatic heterocycles. The number of ether oxygens (including phenoxy) is 1. The number of rotatable bonds is 4. The molecular formula is C11H9BrN6O2. The van der Waals surface area contributed by atoms with Crippen molar-refractivity contribution in [1.82, 2.24) is 20.6 Å². The van der Waals surface area contributed by atoms with Crippen molar-refractivity contribution in [3.63, 3.8) is 0 Å². The molecule has 8 nitrogen and oxygen atoms in total. The average molecular weight is 337 g/mol. The Labute approximate surface area is 122 Å². The summed E-state index contributed by atoms with van der Waals surface area (Å²) < 4.78 is 5.55. The molecule has 0 bridgehead atoms. The lowest BCUT2D eigenvalue weighted by atomic mass is 10.2. The van der Waals surface area contributed by atoms with Gasteiger partial charge < -0.3 is 15.2 Å². The number of aromatic nitrogens is 4. The number of methoxy groups -OCH3 is 1. The van der Waals surface area contributed by atoms with E-state index in [-0.39, 0.29) is 17.1 Å². The Kier molecular flexibility index (Phi) is 4.17. The lowest BCUT2D eigenvalue weighted by Gasteiger charge is -2.09. The Hall–Kier alpha value is -2.60. The maximum absolute atomic E-state index is 9.91. The summed E-state index contributed by atoms with van der Waals surface area (Å²) in [6.07, 6.45) is 1.37. The molecule has 102 valence electrons. The summed E-state index contributed by atoms with van der Waals surface area (Å²) in [6.45, 7) is 0. The summed E-state index contributed by atoms with van der Waals surface area (Å²) in [5.74, 6) is 0.692. The largest absolute Gasteiger partial charge is 0.505 e. The van der Waals surface area contributed by atoms with E-state index in [1.165, 1.54) is 13.3 Å². The van der Waals surface area contributed by atoms with Gasteiger partial charge in [0, 0.05) is 12.3 Å². The van der Waals surface area contributed by atoms with E-state index in [0.717, 1.165) is 0 Å². The molecule has 9 heteroatoms. The van der Waals surface area contributed by atoms with Crippen LogP contribution in [0.5, 0.6) is 11.5 Å². The van der Waals surface area contributed by atoms with Gasteiger partial charge in [-0.2, -0.15) is 10.5 Å². The number of hydrogen-bond acceptors (Lipinski definition) is 7. The monoisotopic (exact) mass is 336 g/mol. The molecule has 0 spiro atoms. The van der Waals surface area contributed by atoms with Gasteiger partial charge in [-0.1, -0.05) is 0 Å². The fourth-order valence-electron chi connectivity index (χ4n) is 1.37. The van der Waals surface area contributed by atoms with E-state index in [2.05, 4.69) is 41.9 Å². The van der Waals surface area contributed by atoms with Crippen molar-refractivity contribution >= 4 is 27.2 Å². The molecule has 0 atom stereocenters. The molecule has 0 fully saturated rings. The number of H-pyrrole nitrogens is 1. The van der Waals surface area contributed by atoms with Crippen LogP contribution >= 0.6 is 15.9 Å². The number of hydrogen-bond donors (Lipinski definition) is 3. The number of nitriles is 1. The first-order valence-electron chi connectivity index (χ1n) is 5.33. The minimum atomic E-state index is -0.00699. The molecule has 20 heavy (non-hydrogen) atoms. The number of tetrazole rings is 1. The van der Waals surface area contributed by atoms with Gasteiger partial charge in [0.05, 0.1) is 17.3 Å². The van der Waals surface area contributed by atoms with Gasteiger partial charge in [-0.25, -0.2) is 0 Å². The number of nitrogens with zero attached hydrogens (tertiary/aromatic N) is 4. The Morgan fingerprint density at radius 3 is 3.00 bits per heavy atom. The van der Waals surface area contributed by atoms with Crippen LogP contribution in [-0.4, -0.2) is 32.8 Å². The lowest BCUT2D eigenvalue weighted by molar-refractivity contribution is 0.412. The van der Waals surface area contributed by atoms with Crippen molar-refractivity contribution in [1.29, 1.82) is 5.26 Å². The van der Waals surface area contributed by atoms with E-state index >= 15 is 0 Å². The number of allylic oxidation sites excluding steroid dienone is 1. The summed E-state index contributed by atoms with van der Waals surface area (Å²) in [4.78, 5) is 0. The second-order valence-electron chi connectivity index (χ2n) is 3.55. The second kappa shape index (κ2) is 6.03. The molecule has 0 saturated heterocycles. The maximum atomic E-state index is 9.91. The summed E-state index contributed by atoms with van der Waals surface area (Å²) in [5, 5.41) is 34.8. The van der Waals surface area contributed by atoms with Crippen LogP contribution in [0.15, 0.2) is 22.8 Å². The van der Waals surface area contributed by atoms with Crippen LogP contribution in [-0.2, 0) is 0 Å². The first-order valence-corrected chi connectivity index (χ1v) is 6.12. The number of halogens is 1. The summed E-state index contributed by atoms with van der Waals surface area (Å²) in [6, 6.07) is 5.13. The van der Waals surface area contributed by atoms with Gasteiger partial charge in [-0.15, -0.1) is 10.2 Å². The molecular weight excluding hydrogens is 328 g/mol. The van der Waals surface area contributed by atoms with Crippen molar-refractivity contribution in [3.05, 3.63) is 28.6 Å². The van der Waals surface area contributed by atoms with Crippen LogP contribution in [0.25, 0.3) is 5.57 Å². The third-order valence-corrected chi connectivity index (χ3v) is 2.96. The number of aromatic hydroxyl groups is 1. The number of benzene rings is 1. The third-order valence-electron chi connectivity index (χ3n) is 2.35. The number of phenolic OH excluding ortho intramolecular Hbond substituents is 1. The zero-order valence-electron chi connectivity index (χ0n) is 10.3. The standard InChI is InChI=1S/C11H9BrN6O2/c1-20-7-2-8(12)10(19)9(3-7)14-5-6(4-13)11-15-17-18-16-11/h2-3,5,14,19H,1H3,(H,15,16,17,18). The van der Waals surface area contributed by atoms with E-state index in [9.17, 15) is 5.11 Å². The van der Waals surface area contributed by atoms with Crippen molar-refractivity contribution < 1.29 is 9.84 Å². The lowest BCUT2D eigenvalue weighted by Crippen LogP contribution is -1.94. The van der Waals surface area contributed by atoms with Gasteiger partial charge in [-0.3, -0.25) is 0 Å². The van der Waals surface area contributed by atoms with Crippen molar-refractivity contribution in [2.75, 3.05) is 12.4 Å². The predicted octanol–water partition coefficient (Wildman–Crippen LogP) is 1.65. The molecule has 0 saturated carbocycles. The highest BCUT2D eigenvalue weighted by Crippen LogP contribution is 2.36. The molecule has 1 heterocycles. The number of anilines is 1. The molecule has 0 aliphatic rings. The first kappa shape index (κ1) is 13.8. The highest BCUT2D eigenvalue weighted by molar-refractivity contribution is 9.10. The zero-order valence-corrected chi connectivity index (χ0v) is 11.8. The van der Waals surface area contributed by atoms with Crippen LogP contribution in [0.2, 0.25) is 0 Å². The molecule has 0 amide bonds. The normalized spacial score (nSPS) is 10.9. The fourth-order valence-corrected chi connectivity index (χ4v) is 1.81. The van der Waals surface area contributed by atoms with E-state index in [0.29, 0.717) is 15.9 Å². The molecule has 2 aromatic rings. The van der Waals surface area contributed by atoms with Gasteiger partial charge >= 0.3 is 0 Å². The van der Waals surface area contributed by atoms with Crippen LogP contribution in [0, 0.1) is 11.3 Å². The van der Waals surface area contributed by atoms with E-state index in [1.807, 2.05) is 6.07 Å². The van der Waals surface area contributed by atoms with Crippen molar-refractivity contribution in [3.8, 4) is 17.6 Å². The molecule has 0 aliphatic heterocycles. The quantitative estimate of drug-likeness (QED) is 0.573. The van der Waals surface area contributed by atoms with Crippen molar-refractivity contribution in [2.45, 2.75) is 0 Å². The van der Waals surface area contributed by atoms with Crippen LogP contribution in [0.3, 0.4) is 0 Å². The molecule has 3 N–H and O–H groups in total. The fraction of sp³-hybridized carbons (Fsp3) is 0.0909. The number of nitrogens with one attached hydrogen (secondary N) is 2. The SMILES string of the molecule is COc1cc(Br)c(O)c(NC=C(C#N)c2nn[nH]n2)c1. The zero-order chi connectivity index (χ0) is 14.5. The summed E-state index contributed by atoms with van der Waals surface area (Å²) in [5.41, 5.74) is 0.532. The predicted molar refractivity (Wildman–Crippen MR) is 73.7 cm³/mol. The minimum Gasteiger partial charge on any atom is -0.505 e. The van der Waals surface area contributed by atoms with Gasteiger partial charge in [0.1, 0.15) is 17.4 Å². The molecule has 2 rings (SSSR count). The highest BCUT2D eigenvalue weighted by atomic mass is 79.9. The summed E-state index contributed by atoms with van der Waals surface area (Å²) in [7, 11) is 1.51. The number of phenols is 1. The molecule has 0 radical (unpaired) electrons. The minimum absolute atomic E-state index is 0.00699. The molecule has 1 aromatic carbocycles. The van der Waals surface area contributed by atoms with Gasteiger partial charge in [0.15, 0.2) is 5.75 Å². The van der Waals surface area contributed by atoms with Gasteiger partial charge in [-0.05, 0) is 27.2 Å². The average Bonchev–Trinajstić information content (AvgIpc) is 2.97. The van der Waals surface area contributed by atoms with E-state index in [1.54, 1.807) is 12.1 Å². The topological polar surface area (TPSA) is 120 Å². The van der Waals surface area contributed by atoms with E-state index in [4.69, 9.17) is 10.00 Å². The first-order chi connectivity index (χ1) is 9.65. The second-order valence-corrected chi connectivity index (χ2v) is 4.41. The highest BCUT2D eigenvalue weighted by Gasteiger charge is 2.10. The number of aromatic amines is 1. The molecule has 0 aliphatic carbocycles. The van der Waals surface area contributed by atoms with Gasteiger partial charge in [0.25, 0.3) is 0 Å². The Morgan fingerprint density at radius 1 is 1.60 bits per heavy atom. The van der Waals surface area contributed by atoms with E-state index < -0.39 is 0 Å².